The minimum Gasteiger partial charge on any atom is -0.340 e. The molecule has 0 saturated carbocycles. The number of nitrogens with zero attached hydrogens (tertiary/aromatic N) is 5. The highest BCUT2D eigenvalue weighted by atomic mass is 32.2. The van der Waals surface area contributed by atoms with Crippen LogP contribution in [-0.2, 0) is 10.0 Å². The Morgan fingerprint density at radius 2 is 1.48 bits per heavy atom. The monoisotopic (exact) mass is 436 g/mol. The molecule has 0 amide bonds. The topological polar surface area (TPSA) is 90.3 Å². The number of nitrogens with one attached hydrogen (secondary N) is 1. The zero-order valence-electron chi connectivity index (χ0n) is 17.2. The van der Waals surface area contributed by atoms with Crippen LogP contribution < -0.4 is 5.32 Å². The molecule has 0 radical (unpaired) electrons. The first-order valence-electron chi connectivity index (χ1n) is 9.99. The molecule has 2 aromatic carbocycles. The maximum atomic E-state index is 12.8. The molecule has 9 heteroatoms. The standard InChI is InChI=1S/C22H24N6O2S/c1-27-13-15-28(16-14-27)31(29,30)21-11-12-22(23-17-21)24-18-7-9-20(10-8-18)26-25-19-5-3-2-4-6-19/h2-12,17H,13-16H2,1H3,(H,23,24). The molecule has 0 unspecified atom stereocenters. The molecule has 8 nitrogen and oxygen atoms in total. The van der Waals surface area contributed by atoms with Crippen LogP contribution in [0.2, 0.25) is 0 Å². The van der Waals surface area contributed by atoms with Crippen molar-refractivity contribution < 1.29 is 8.42 Å². The van der Waals surface area contributed by atoms with Gasteiger partial charge in [0.1, 0.15) is 10.7 Å². The quantitative estimate of drug-likeness (QED) is 0.586. The normalized spacial score (nSPS) is 15.9. The van der Waals surface area contributed by atoms with Gasteiger partial charge in [0, 0.05) is 38.1 Å². The zero-order chi connectivity index (χ0) is 21.7. The zero-order valence-corrected chi connectivity index (χ0v) is 18.0. The number of aromatic nitrogens is 1. The average molecular weight is 437 g/mol. The molecule has 160 valence electrons. The molecule has 1 aromatic heterocycles. The highest BCUT2D eigenvalue weighted by Gasteiger charge is 2.27. The van der Waals surface area contributed by atoms with Crippen molar-refractivity contribution in [3.05, 3.63) is 72.9 Å². The number of rotatable bonds is 6. The van der Waals surface area contributed by atoms with Crippen LogP contribution in [0.25, 0.3) is 0 Å². The molecule has 1 saturated heterocycles. The predicted octanol–water partition coefficient (Wildman–Crippen LogP) is 4.18. The van der Waals surface area contributed by atoms with E-state index in [1.807, 2.05) is 61.6 Å². The first-order valence-corrected chi connectivity index (χ1v) is 11.4. The van der Waals surface area contributed by atoms with Gasteiger partial charge in [-0.2, -0.15) is 14.5 Å². The summed E-state index contributed by atoms with van der Waals surface area (Å²) in [7, 11) is -1.53. The van der Waals surface area contributed by atoms with Crippen LogP contribution in [0, 0.1) is 0 Å². The van der Waals surface area contributed by atoms with E-state index in [4.69, 9.17) is 0 Å². The molecule has 0 bridgehead atoms. The first kappa shape index (κ1) is 21.1. The minimum absolute atomic E-state index is 0.208. The van der Waals surface area contributed by atoms with Crippen molar-refractivity contribution in [2.75, 3.05) is 38.5 Å². The van der Waals surface area contributed by atoms with Crippen molar-refractivity contribution in [2.24, 2.45) is 10.2 Å². The third kappa shape index (κ3) is 5.32. The van der Waals surface area contributed by atoms with E-state index in [9.17, 15) is 8.42 Å². The Balaban J connectivity index is 1.39. The van der Waals surface area contributed by atoms with E-state index in [0.29, 0.717) is 18.9 Å². The second kappa shape index (κ2) is 9.34. The van der Waals surface area contributed by atoms with E-state index < -0.39 is 10.0 Å². The van der Waals surface area contributed by atoms with Gasteiger partial charge in [-0.15, -0.1) is 0 Å². The second-order valence-corrected chi connectivity index (χ2v) is 9.23. The van der Waals surface area contributed by atoms with Gasteiger partial charge in [-0.3, -0.25) is 0 Å². The van der Waals surface area contributed by atoms with Crippen molar-refractivity contribution in [3.8, 4) is 0 Å². The molecule has 31 heavy (non-hydrogen) atoms. The molecule has 1 aliphatic rings. The summed E-state index contributed by atoms with van der Waals surface area (Å²) in [6.07, 6.45) is 1.40. The molecule has 2 heterocycles. The van der Waals surface area contributed by atoms with E-state index in [-0.39, 0.29) is 4.90 Å². The van der Waals surface area contributed by atoms with E-state index in [2.05, 4.69) is 25.4 Å². The van der Waals surface area contributed by atoms with Crippen molar-refractivity contribution >= 4 is 32.9 Å². The van der Waals surface area contributed by atoms with Crippen LogP contribution in [0.1, 0.15) is 0 Å². The molecular formula is C22H24N6O2S. The summed E-state index contributed by atoms with van der Waals surface area (Å²) < 4.78 is 27.1. The Hall–Kier alpha value is -3.14. The van der Waals surface area contributed by atoms with Crippen LogP contribution in [0.3, 0.4) is 0 Å². The van der Waals surface area contributed by atoms with Gasteiger partial charge in [0.25, 0.3) is 0 Å². The molecule has 3 aromatic rings. The van der Waals surface area contributed by atoms with Gasteiger partial charge in [-0.25, -0.2) is 13.4 Å². The highest BCUT2D eigenvalue weighted by Crippen LogP contribution is 2.23. The van der Waals surface area contributed by atoms with Gasteiger partial charge < -0.3 is 10.2 Å². The number of azo groups is 1. The number of benzene rings is 2. The Kier molecular flexibility index (Phi) is 6.36. The number of likely N-dealkylation sites (N-methyl/N-ethyl adjacent to an activating group) is 1. The molecule has 0 atom stereocenters. The number of sulfonamides is 1. The van der Waals surface area contributed by atoms with Gasteiger partial charge in [-0.05, 0) is 55.6 Å². The highest BCUT2D eigenvalue weighted by molar-refractivity contribution is 7.89. The van der Waals surface area contributed by atoms with Crippen molar-refractivity contribution in [3.63, 3.8) is 0 Å². The van der Waals surface area contributed by atoms with Crippen molar-refractivity contribution in [1.82, 2.24) is 14.2 Å². The Bertz CT molecular complexity index is 1120. The number of anilines is 2. The van der Waals surface area contributed by atoms with Crippen LogP contribution in [0.4, 0.5) is 22.9 Å². The third-order valence-corrected chi connectivity index (χ3v) is 6.90. The van der Waals surface area contributed by atoms with E-state index in [1.54, 1.807) is 12.1 Å². The summed E-state index contributed by atoms with van der Waals surface area (Å²) in [4.78, 5) is 6.60. The molecule has 0 aliphatic carbocycles. The summed E-state index contributed by atoms with van der Waals surface area (Å²) in [6, 6.07) is 20.2. The van der Waals surface area contributed by atoms with E-state index in [1.165, 1.54) is 10.5 Å². The lowest BCUT2D eigenvalue weighted by Gasteiger charge is -2.31. The number of hydrogen-bond acceptors (Lipinski definition) is 7. The fourth-order valence-electron chi connectivity index (χ4n) is 3.15. The fourth-order valence-corrected chi connectivity index (χ4v) is 4.52. The van der Waals surface area contributed by atoms with E-state index in [0.717, 1.165) is 30.2 Å². The number of hydrogen-bond donors (Lipinski definition) is 1. The first-order chi connectivity index (χ1) is 15.0. The molecular weight excluding hydrogens is 412 g/mol. The van der Waals surface area contributed by atoms with Gasteiger partial charge >= 0.3 is 0 Å². The van der Waals surface area contributed by atoms with Gasteiger partial charge in [-0.1, -0.05) is 18.2 Å². The van der Waals surface area contributed by atoms with Crippen LogP contribution in [0.5, 0.6) is 0 Å². The molecule has 1 fully saturated rings. The maximum Gasteiger partial charge on any atom is 0.244 e. The lowest BCUT2D eigenvalue weighted by molar-refractivity contribution is 0.222. The SMILES string of the molecule is CN1CCN(S(=O)(=O)c2ccc(Nc3ccc(N=Nc4ccccc4)cc3)nc2)CC1. The Labute approximate surface area is 182 Å². The van der Waals surface area contributed by atoms with E-state index >= 15 is 0 Å². The summed E-state index contributed by atoms with van der Waals surface area (Å²) in [5.41, 5.74) is 2.34. The Morgan fingerprint density at radius 3 is 2.10 bits per heavy atom. The predicted molar refractivity (Wildman–Crippen MR) is 121 cm³/mol. The van der Waals surface area contributed by atoms with Crippen LogP contribution in [0.15, 0.2) is 88.1 Å². The lowest BCUT2D eigenvalue weighted by Crippen LogP contribution is -2.47. The average Bonchev–Trinajstić information content (AvgIpc) is 2.80. The lowest BCUT2D eigenvalue weighted by atomic mass is 10.3. The van der Waals surface area contributed by atoms with Crippen molar-refractivity contribution in [1.29, 1.82) is 0 Å². The summed E-state index contributed by atoms with van der Waals surface area (Å²) >= 11 is 0. The molecule has 1 aliphatic heterocycles. The summed E-state index contributed by atoms with van der Waals surface area (Å²) in [5, 5.41) is 11.6. The van der Waals surface area contributed by atoms with Gasteiger partial charge in [0.05, 0.1) is 11.4 Å². The molecule has 0 spiro atoms. The smallest absolute Gasteiger partial charge is 0.244 e. The molecule has 1 N–H and O–H groups in total. The van der Waals surface area contributed by atoms with Crippen molar-refractivity contribution in [2.45, 2.75) is 4.90 Å². The van der Waals surface area contributed by atoms with Gasteiger partial charge in [0.15, 0.2) is 0 Å². The fraction of sp³-hybridized carbons (Fsp3) is 0.227. The summed E-state index contributed by atoms with van der Waals surface area (Å²) in [6.45, 7) is 2.44. The molecule has 4 rings (SSSR count). The van der Waals surface area contributed by atoms with Crippen LogP contribution >= 0.6 is 0 Å². The second-order valence-electron chi connectivity index (χ2n) is 7.29. The van der Waals surface area contributed by atoms with Crippen LogP contribution in [-0.4, -0.2) is 55.8 Å². The third-order valence-electron chi connectivity index (χ3n) is 5.01. The Morgan fingerprint density at radius 1 is 0.839 bits per heavy atom. The largest absolute Gasteiger partial charge is 0.340 e. The number of pyridine rings is 1. The maximum absolute atomic E-state index is 12.8. The van der Waals surface area contributed by atoms with Gasteiger partial charge in [0.2, 0.25) is 10.0 Å². The minimum atomic E-state index is -3.52. The number of piperazine rings is 1. The summed E-state index contributed by atoms with van der Waals surface area (Å²) in [5.74, 6) is 0.566.